The van der Waals surface area contributed by atoms with E-state index in [-0.39, 0.29) is 22.6 Å². The third kappa shape index (κ3) is 3.22. The van der Waals surface area contributed by atoms with Crippen molar-refractivity contribution in [3.63, 3.8) is 0 Å². The Kier molecular flexibility index (Phi) is 5.02. The molecule has 6 heteroatoms. The van der Waals surface area contributed by atoms with Gasteiger partial charge in [0, 0.05) is 23.5 Å². The summed E-state index contributed by atoms with van der Waals surface area (Å²) in [6.07, 6.45) is 7.56. The van der Waals surface area contributed by atoms with Crippen LogP contribution in [-0.4, -0.2) is 50.9 Å². The minimum Gasteiger partial charge on any atom is -0.506 e. The predicted molar refractivity (Wildman–Crippen MR) is 118 cm³/mol. The van der Waals surface area contributed by atoms with E-state index in [9.17, 15) is 19.8 Å². The van der Waals surface area contributed by atoms with Crippen LogP contribution in [0.15, 0.2) is 36.5 Å². The number of phenols is 2. The molecule has 0 saturated carbocycles. The zero-order valence-corrected chi connectivity index (χ0v) is 17.4. The summed E-state index contributed by atoms with van der Waals surface area (Å²) < 4.78 is 1.82. The standard InChI is InChI=1S/C25H26N2O4/c28-22-16-8-2-3-9-17(16)23(29)20-19(22)24(30)18-10-15-27(21(18)25(20)31)14-7-6-13-26-11-4-1-5-12-26/h2-3,8-10,15,28-29H,1,4-7,11-14H2. The molecule has 1 aliphatic heterocycles. The van der Waals surface area contributed by atoms with Crippen LogP contribution in [0.3, 0.4) is 0 Å². The second kappa shape index (κ2) is 7.85. The lowest BCUT2D eigenvalue weighted by Crippen LogP contribution is -2.30. The molecule has 3 aromatic rings. The zero-order chi connectivity index (χ0) is 21.5. The molecule has 0 unspecified atom stereocenters. The number of rotatable bonds is 5. The molecule has 5 rings (SSSR count). The molecule has 1 saturated heterocycles. The molecule has 2 aromatic carbocycles. The number of hydrogen-bond acceptors (Lipinski definition) is 5. The van der Waals surface area contributed by atoms with Gasteiger partial charge in [-0.3, -0.25) is 9.59 Å². The van der Waals surface area contributed by atoms with E-state index in [2.05, 4.69) is 4.90 Å². The highest BCUT2D eigenvalue weighted by atomic mass is 16.3. The van der Waals surface area contributed by atoms with Crippen LogP contribution in [0.5, 0.6) is 11.5 Å². The Balaban J connectivity index is 1.43. The first kappa shape index (κ1) is 19.8. The minimum atomic E-state index is -0.421. The van der Waals surface area contributed by atoms with Crippen LogP contribution >= 0.6 is 0 Å². The lowest BCUT2D eigenvalue weighted by atomic mass is 9.84. The molecule has 1 aliphatic carbocycles. The number of nitrogens with zero attached hydrogens (tertiary/aromatic N) is 2. The second-order valence-corrected chi connectivity index (χ2v) is 8.53. The van der Waals surface area contributed by atoms with Crippen molar-refractivity contribution in [1.29, 1.82) is 0 Å². The van der Waals surface area contributed by atoms with Gasteiger partial charge in [-0.05, 0) is 51.4 Å². The van der Waals surface area contributed by atoms with Crippen molar-refractivity contribution in [2.45, 2.75) is 38.6 Å². The molecule has 0 bridgehead atoms. The molecule has 0 spiro atoms. The van der Waals surface area contributed by atoms with Crippen LogP contribution in [0.2, 0.25) is 0 Å². The van der Waals surface area contributed by atoms with E-state index >= 15 is 0 Å². The molecule has 1 aromatic heterocycles. The van der Waals surface area contributed by atoms with Gasteiger partial charge in [0.1, 0.15) is 17.2 Å². The first-order valence-corrected chi connectivity index (χ1v) is 11.1. The van der Waals surface area contributed by atoms with Crippen molar-refractivity contribution in [2.75, 3.05) is 19.6 Å². The van der Waals surface area contributed by atoms with Gasteiger partial charge in [-0.1, -0.05) is 30.7 Å². The lowest BCUT2D eigenvalue weighted by molar-refractivity contribution is 0.0969. The van der Waals surface area contributed by atoms with Gasteiger partial charge in [0.15, 0.2) is 5.78 Å². The Labute approximate surface area is 180 Å². The van der Waals surface area contributed by atoms with E-state index in [1.165, 1.54) is 32.4 Å². The second-order valence-electron chi connectivity index (χ2n) is 8.53. The summed E-state index contributed by atoms with van der Waals surface area (Å²) in [5.41, 5.74) is 0.400. The Hall–Kier alpha value is -3.12. The van der Waals surface area contributed by atoms with Crippen molar-refractivity contribution < 1.29 is 19.8 Å². The van der Waals surface area contributed by atoms with E-state index in [4.69, 9.17) is 0 Å². The summed E-state index contributed by atoms with van der Waals surface area (Å²) in [5, 5.41) is 22.3. The van der Waals surface area contributed by atoms with Crippen LogP contribution < -0.4 is 0 Å². The van der Waals surface area contributed by atoms with Gasteiger partial charge in [-0.2, -0.15) is 0 Å². The number of fused-ring (bicyclic) bond motifs is 3. The average molecular weight is 418 g/mol. The number of carbonyl (C=O) groups excluding carboxylic acids is 2. The lowest BCUT2D eigenvalue weighted by Gasteiger charge is -2.26. The Morgan fingerprint density at radius 2 is 1.39 bits per heavy atom. The summed E-state index contributed by atoms with van der Waals surface area (Å²) in [6, 6.07) is 8.35. The minimum absolute atomic E-state index is 0.0954. The number of unbranched alkanes of at least 4 members (excludes halogenated alkanes) is 1. The van der Waals surface area contributed by atoms with Gasteiger partial charge >= 0.3 is 0 Å². The van der Waals surface area contributed by atoms with Gasteiger partial charge in [-0.25, -0.2) is 0 Å². The summed E-state index contributed by atoms with van der Waals surface area (Å²) in [5.74, 6) is -1.33. The highest BCUT2D eigenvalue weighted by Gasteiger charge is 2.38. The molecular weight excluding hydrogens is 392 g/mol. The maximum atomic E-state index is 13.4. The number of benzene rings is 2. The Morgan fingerprint density at radius 1 is 0.774 bits per heavy atom. The van der Waals surface area contributed by atoms with Gasteiger partial charge < -0.3 is 19.7 Å². The normalized spacial score (nSPS) is 16.5. The van der Waals surface area contributed by atoms with Gasteiger partial charge in [-0.15, -0.1) is 0 Å². The summed E-state index contributed by atoms with van der Waals surface area (Å²) in [4.78, 5) is 29.0. The first-order chi connectivity index (χ1) is 15.1. The molecular formula is C25H26N2O4. The molecule has 1 fully saturated rings. The monoisotopic (exact) mass is 418 g/mol. The van der Waals surface area contributed by atoms with Crippen molar-refractivity contribution in [3.8, 4) is 11.5 Å². The van der Waals surface area contributed by atoms with E-state index in [0.717, 1.165) is 19.4 Å². The fraction of sp³-hybridized carbons (Fsp3) is 0.360. The smallest absolute Gasteiger partial charge is 0.214 e. The largest absolute Gasteiger partial charge is 0.506 e. The highest BCUT2D eigenvalue weighted by molar-refractivity contribution is 6.32. The van der Waals surface area contributed by atoms with E-state index in [1.54, 1.807) is 36.5 Å². The predicted octanol–water partition coefficient (Wildman–Crippen LogP) is 4.09. The maximum Gasteiger partial charge on any atom is 0.214 e. The third-order valence-electron chi connectivity index (χ3n) is 6.61. The molecule has 160 valence electrons. The van der Waals surface area contributed by atoms with E-state index in [0.29, 0.717) is 28.6 Å². The molecule has 0 radical (unpaired) electrons. The first-order valence-electron chi connectivity index (χ1n) is 11.1. The summed E-state index contributed by atoms with van der Waals surface area (Å²) in [7, 11) is 0. The van der Waals surface area contributed by atoms with E-state index < -0.39 is 11.6 Å². The molecule has 2 N–H and O–H groups in total. The van der Waals surface area contributed by atoms with Crippen molar-refractivity contribution >= 4 is 22.3 Å². The van der Waals surface area contributed by atoms with E-state index in [1.807, 2.05) is 4.57 Å². The Bertz CT molecular complexity index is 1190. The average Bonchev–Trinajstić information content (AvgIpc) is 3.23. The fourth-order valence-electron chi connectivity index (χ4n) is 4.99. The number of aromatic nitrogens is 1. The Morgan fingerprint density at radius 3 is 2.06 bits per heavy atom. The number of aromatic hydroxyl groups is 2. The van der Waals surface area contributed by atoms with Crippen molar-refractivity contribution in [2.24, 2.45) is 0 Å². The number of piperidine rings is 1. The summed E-state index contributed by atoms with van der Waals surface area (Å²) >= 11 is 0. The molecule has 31 heavy (non-hydrogen) atoms. The molecule has 0 atom stereocenters. The van der Waals surface area contributed by atoms with Crippen LogP contribution in [-0.2, 0) is 6.54 Å². The molecule has 2 heterocycles. The summed E-state index contributed by atoms with van der Waals surface area (Å²) in [6.45, 7) is 4.02. The van der Waals surface area contributed by atoms with Crippen molar-refractivity contribution in [1.82, 2.24) is 9.47 Å². The molecule has 0 amide bonds. The third-order valence-corrected chi connectivity index (χ3v) is 6.61. The fourth-order valence-corrected chi connectivity index (χ4v) is 4.99. The van der Waals surface area contributed by atoms with Crippen LogP contribution in [0.4, 0.5) is 0 Å². The van der Waals surface area contributed by atoms with Gasteiger partial charge in [0.25, 0.3) is 0 Å². The number of phenolic OH excluding ortho intramolecular Hbond substituents is 2. The number of ketones is 2. The maximum absolute atomic E-state index is 13.4. The van der Waals surface area contributed by atoms with Crippen LogP contribution in [0.25, 0.3) is 10.8 Å². The number of aryl methyl sites for hydroxylation is 1. The molecule has 6 nitrogen and oxygen atoms in total. The molecule has 2 aliphatic rings. The number of carbonyl (C=O) groups is 2. The van der Waals surface area contributed by atoms with Gasteiger partial charge in [0.05, 0.1) is 16.7 Å². The quantitative estimate of drug-likeness (QED) is 0.377. The van der Waals surface area contributed by atoms with Crippen LogP contribution in [0.1, 0.15) is 64.1 Å². The zero-order valence-electron chi connectivity index (χ0n) is 17.4. The SMILES string of the molecule is O=C1c2ccn(CCCCN3CCCCC3)c2C(=O)c2c1c(O)c1ccccc1c2O. The highest BCUT2D eigenvalue weighted by Crippen LogP contribution is 2.44. The number of hydrogen-bond donors (Lipinski definition) is 2. The van der Waals surface area contributed by atoms with Crippen LogP contribution in [0, 0.1) is 0 Å². The number of likely N-dealkylation sites (tertiary alicyclic amines) is 1. The van der Waals surface area contributed by atoms with Crippen molar-refractivity contribution in [3.05, 3.63) is 58.9 Å². The van der Waals surface area contributed by atoms with Gasteiger partial charge in [0.2, 0.25) is 5.78 Å². The topological polar surface area (TPSA) is 82.8 Å².